The largest absolute Gasteiger partial charge is 0.386 e. The Morgan fingerprint density at radius 2 is 1.80 bits per heavy atom. The molecular weight excluding hydrogens is 254 g/mol. The zero-order valence-corrected chi connectivity index (χ0v) is 11.6. The van der Waals surface area contributed by atoms with Crippen LogP contribution in [0.3, 0.4) is 0 Å². The molecule has 0 unspecified atom stereocenters. The number of hydrogen-bond donors (Lipinski definition) is 1. The van der Waals surface area contributed by atoms with E-state index in [1.807, 2.05) is 13.0 Å². The SMILES string of the molecule is CCC(C(=O)OC(=O)c1ccccc1)=C1CCNCC1. The minimum Gasteiger partial charge on any atom is -0.386 e. The first kappa shape index (κ1) is 14.5. The van der Waals surface area contributed by atoms with Crippen LogP contribution in [-0.2, 0) is 9.53 Å². The third kappa shape index (κ3) is 3.54. The van der Waals surface area contributed by atoms with Gasteiger partial charge in [-0.2, -0.15) is 0 Å². The van der Waals surface area contributed by atoms with Gasteiger partial charge in [-0.15, -0.1) is 0 Å². The average Bonchev–Trinajstić information content (AvgIpc) is 2.50. The van der Waals surface area contributed by atoms with Crippen molar-refractivity contribution in [2.24, 2.45) is 0 Å². The average molecular weight is 273 g/mol. The van der Waals surface area contributed by atoms with E-state index in [0.717, 1.165) is 31.5 Å². The van der Waals surface area contributed by atoms with Gasteiger partial charge in [0.2, 0.25) is 0 Å². The molecule has 1 saturated heterocycles. The van der Waals surface area contributed by atoms with Gasteiger partial charge >= 0.3 is 11.9 Å². The van der Waals surface area contributed by atoms with Crippen LogP contribution in [0.5, 0.6) is 0 Å². The zero-order chi connectivity index (χ0) is 14.4. The van der Waals surface area contributed by atoms with Crippen molar-refractivity contribution in [1.29, 1.82) is 0 Å². The molecular formula is C16H19NO3. The molecule has 1 N–H and O–H groups in total. The number of carbonyl (C=O) groups is 2. The predicted octanol–water partition coefficient (Wildman–Crippen LogP) is 2.46. The molecule has 1 fully saturated rings. The fourth-order valence-corrected chi connectivity index (χ4v) is 2.35. The molecule has 0 saturated carbocycles. The van der Waals surface area contributed by atoms with Gasteiger partial charge in [0.05, 0.1) is 5.56 Å². The summed E-state index contributed by atoms with van der Waals surface area (Å²) in [6.07, 6.45) is 2.28. The van der Waals surface area contributed by atoms with Gasteiger partial charge in [-0.05, 0) is 44.5 Å². The third-order valence-corrected chi connectivity index (χ3v) is 3.43. The summed E-state index contributed by atoms with van der Waals surface area (Å²) < 4.78 is 4.99. The van der Waals surface area contributed by atoms with E-state index in [1.54, 1.807) is 24.3 Å². The number of hydrogen-bond acceptors (Lipinski definition) is 4. The van der Waals surface area contributed by atoms with Crippen LogP contribution < -0.4 is 5.32 Å². The molecule has 1 aromatic carbocycles. The van der Waals surface area contributed by atoms with Gasteiger partial charge < -0.3 is 10.1 Å². The minimum absolute atomic E-state index is 0.395. The number of carbonyl (C=O) groups excluding carboxylic acids is 2. The third-order valence-electron chi connectivity index (χ3n) is 3.43. The van der Waals surface area contributed by atoms with Gasteiger partial charge in [0.1, 0.15) is 0 Å². The van der Waals surface area contributed by atoms with Crippen LogP contribution in [0, 0.1) is 0 Å². The number of piperidine rings is 1. The lowest BCUT2D eigenvalue weighted by Crippen LogP contribution is -2.25. The lowest BCUT2D eigenvalue weighted by molar-refractivity contribution is -0.133. The number of benzene rings is 1. The van der Waals surface area contributed by atoms with Crippen LogP contribution in [0.1, 0.15) is 36.5 Å². The van der Waals surface area contributed by atoms with Gasteiger partial charge in [-0.1, -0.05) is 30.7 Å². The highest BCUT2D eigenvalue weighted by atomic mass is 16.6. The summed E-state index contributed by atoms with van der Waals surface area (Å²) in [7, 11) is 0. The van der Waals surface area contributed by atoms with Crippen molar-refractivity contribution in [2.45, 2.75) is 26.2 Å². The standard InChI is InChI=1S/C16H19NO3/c1-2-14(12-8-10-17-11-9-12)16(19)20-15(18)13-6-4-3-5-7-13/h3-7,17H,2,8-11H2,1H3. The normalized spacial score (nSPS) is 14.8. The van der Waals surface area contributed by atoms with E-state index in [1.165, 1.54) is 0 Å². The Balaban J connectivity index is 2.08. The fourth-order valence-electron chi connectivity index (χ4n) is 2.35. The van der Waals surface area contributed by atoms with Crippen molar-refractivity contribution < 1.29 is 14.3 Å². The molecule has 4 nitrogen and oxygen atoms in total. The van der Waals surface area contributed by atoms with E-state index in [2.05, 4.69) is 5.32 Å². The molecule has 1 aliphatic heterocycles. The van der Waals surface area contributed by atoms with E-state index in [9.17, 15) is 9.59 Å². The molecule has 1 aromatic rings. The molecule has 4 heteroatoms. The second-order valence-corrected chi connectivity index (χ2v) is 4.73. The van der Waals surface area contributed by atoms with Crippen molar-refractivity contribution >= 4 is 11.9 Å². The molecule has 0 amide bonds. The maximum Gasteiger partial charge on any atom is 0.346 e. The molecule has 0 aromatic heterocycles. The van der Waals surface area contributed by atoms with Crippen molar-refractivity contribution in [3.63, 3.8) is 0 Å². The predicted molar refractivity (Wildman–Crippen MR) is 76.3 cm³/mol. The Kier molecular flexibility index (Phi) is 5.07. The summed E-state index contributed by atoms with van der Waals surface area (Å²) in [4.78, 5) is 24.0. The Morgan fingerprint density at radius 3 is 2.40 bits per heavy atom. The molecule has 0 radical (unpaired) electrons. The number of nitrogens with one attached hydrogen (secondary N) is 1. The van der Waals surface area contributed by atoms with Crippen molar-refractivity contribution in [3.8, 4) is 0 Å². The highest BCUT2D eigenvalue weighted by Gasteiger charge is 2.20. The van der Waals surface area contributed by atoms with Crippen molar-refractivity contribution in [1.82, 2.24) is 5.32 Å². The van der Waals surface area contributed by atoms with Gasteiger partial charge in [0.25, 0.3) is 0 Å². The maximum atomic E-state index is 12.1. The number of esters is 2. The van der Waals surface area contributed by atoms with Crippen LogP contribution in [0.2, 0.25) is 0 Å². The monoisotopic (exact) mass is 273 g/mol. The lowest BCUT2D eigenvalue weighted by atomic mass is 9.97. The summed E-state index contributed by atoms with van der Waals surface area (Å²) in [5.41, 5.74) is 2.15. The molecule has 0 atom stereocenters. The van der Waals surface area contributed by atoms with E-state index in [4.69, 9.17) is 4.74 Å². The Labute approximate surface area is 118 Å². The van der Waals surface area contributed by atoms with Crippen LogP contribution in [0.4, 0.5) is 0 Å². The minimum atomic E-state index is -0.587. The van der Waals surface area contributed by atoms with Gasteiger partial charge in [0, 0.05) is 5.57 Å². The van der Waals surface area contributed by atoms with Gasteiger partial charge in [0.15, 0.2) is 0 Å². The second kappa shape index (κ2) is 7.01. The van der Waals surface area contributed by atoms with Crippen LogP contribution in [0.25, 0.3) is 0 Å². The highest BCUT2D eigenvalue weighted by molar-refractivity contribution is 6.02. The first-order chi connectivity index (χ1) is 9.72. The van der Waals surface area contributed by atoms with Gasteiger partial charge in [-0.25, -0.2) is 9.59 Å². The number of rotatable bonds is 3. The Hall–Kier alpha value is -1.94. The summed E-state index contributed by atoms with van der Waals surface area (Å²) in [6, 6.07) is 8.57. The van der Waals surface area contributed by atoms with E-state index < -0.39 is 11.9 Å². The fraction of sp³-hybridized carbons (Fsp3) is 0.375. The van der Waals surface area contributed by atoms with E-state index >= 15 is 0 Å². The molecule has 2 rings (SSSR count). The first-order valence-corrected chi connectivity index (χ1v) is 6.95. The van der Waals surface area contributed by atoms with Crippen LogP contribution >= 0.6 is 0 Å². The molecule has 20 heavy (non-hydrogen) atoms. The summed E-state index contributed by atoms with van der Waals surface area (Å²) in [5.74, 6) is -1.09. The summed E-state index contributed by atoms with van der Waals surface area (Å²) in [6.45, 7) is 3.66. The smallest absolute Gasteiger partial charge is 0.346 e. The number of ether oxygens (including phenoxy) is 1. The molecule has 106 valence electrons. The molecule has 1 heterocycles. The quantitative estimate of drug-likeness (QED) is 0.522. The lowest BCUT2D eigenvalue weighted by Gasteiger charge is -2.18. The topological polar surface area (TPSA) is 55.4 Å². The molecule has 0 spiro atoms. The summed E-state index contributed by atoms with van der Waals surface area (Å²) >= 11 is 0. The maximum absolute atomic E-state index is 12.1. The summed E-state index contributed by atoms with van der Waals surface area (Å²) in [5, 5.41) is 3.25. The molecule has 1 aliphatic rings. The first-order valence-electron chi connectivity index (χ1n) is 6.95. The van der Waals surface area contributed by atoms with Crippen molar-refractivity contribution in [2.75, 3.05) is 13.1 Å². The zero-order valence-electron chi connectivity index (χ0n) is 11.6. The molecule has 0 bridgehead atoms. The van der Waals surface area contributed by atoms with E-state index in [-0.39, 0.29) is 0 Å². The molecule has 0 aliphatic carbocycles. The van der Waals surface area contributed by atoms with Gasteiger partial charge in [-0.3, -0.25) is 0 Å². The van der Waals surface area contributed by atoms with Crippen LogP contribution in [-0.4, -0.2) is 25.0 Å². The second-order valence-electron chi connectivity index (χ2n) is 4.73. The van der Waals surface area contributed by atoms with Crippen molar-refractivity contribution in [3.05, 3.63) is 47.0 Å². The Morgan fingerprint density at radius 1 is 1.15 bits per heavy atom. The highest BCUT2D eigenvalue weighted by Crippen LogP contribution is 2.20. The Bertz CT molecular complexity index is 512. The van der Waals surface area contributed by atoms with E-state index in [0.29, 0.717) is 17.6 Å². The van der Waals surface area contributed by atoms with Crippen LogP contribution in [0.15, 0.2) is 41.5 Å².